The van der Waals surface area contributed by atoms with Crippen LogP contribution in [-0.4, -0.2) is 30.1 Å². The fraction of sp³-hybridized carbons (Fsp3) is 0.231. The quantitative estimate of drug-likeness (QED) is 0.881. The van der Waals surface area contributed by atoms with Gasteiger partial charge in [0, 0.05) is 12.7 Å². The van der Waals surface area contributed by atoms with Gasteiger partial charge >= 0.3 is 6.18 Å². The molecule has 1 N–H and O–H groups in total. The number of imidazole rings is 1. The molecule has 1 aromatic heterocycles. The molecule has 1 aromatic carbocycles. The van der Waals surface area contributed by atoms with Crippen LogP contribution in [0.15, 0.2) is 30.7 Å². The smallest absolute Gasteiger partial charge is 0.332 e. The number of halogens is 4. The van der Waals surface area contributed by atoms with Crippen molar-refractivity contribution in [2.24, 2.45) is 0 Å². The molecule has 0 aliphatic heterocycles. The summed E-state index contributed by atoms with van der Waals surface area (Å²) >= 11 is 5.63. The number of carbonyl (C=O) groups excluding carboxylic acids is 1. The second kappa shape index (κ2) is 6.44. The lowest BCUT2D eigenvalue weighted by molar-refractivity contribution is -0.137. The van der Waals surface area contributed by atoms with E-state index >= 15 is 0 Å². The van der Waals surface area contributed by atoms with E-state index in [-0.39, 0.29) is 12.2 Å². The number of aromatic nitrogens is 2. The summed E-state index contributed by atoms with van der Waals surface area (Å²) in [6.07, 6.45) is -1.19. The highest BCUT2D eigenvalue weighted by atomic mass is 35.5. The number of hydrogen-bond donors (Lipinski definition) is 1. The summed E-state index contributed by atoms with van der Waals surface area (Å²) < 4.78 is 63.1. The van der Waals surface area contributed by atoms with Gasteiger partial charge in [-0.2, -0.15) is 13.2 Å². The summed E-state index contributed by atoms with van der Waals surface area (Å²) in [5.41, 5.74) is -0.620. The van der Waals surface area contributed by atoms with Gasteiger partial charge < -0.3 is 4.57 Å². The number of benzene rings is 1. The predicted molar refractivity (Wildman–Crippen MR) is 80.1 cm³/mol. The standard InChI is InChI=1S/C13H11ClF3N3O3S/c1-24(22,23)19-12(21)11-6-20(7-18-11)5-8-2-3-9(10(14)4-8)13(15,16)17/h2-4,6-7H,5H2,1H3,(H,19,21). The van der Waals surface area contributed by atoms with Crippen molar-refractivity contribution in [1.29, 1.82) is 0 Å². The SMILES string of the molecule is CS(=O)(=O)NC(=O)c1cn(Cc2ccc(C(F)(F)F)c(Cl)c2)cn1. The second-order valence-electron chi connectivity index (χ2n) is 4.95. The van der Waals surface area contributed by atoms with Crippen LogP contribution >= 0.6 is 11.6 Å². The normalized spacial score (nSPS) is 12.2. The molecule has 1 heterocycles. The molecule has 2 rings (SSSR count). The third kappa shape index (κ3) is 4.71. The molecule has 0 fully saturated rings. The van der Waals surface area contributed by atoms with Gasteiger partial charge in [0.15, 0.2) is 0 Å². The number of nitrogens with one attached hydrogen (secondary N) is 1. The van der Waals surface area contributed by atoms with E-state index in [1.54, 1.807) is 4.72 Å². The molecular weight excluding hydrogens is 371 g/mol. The topological polar surface area (TPSA) is 81.1 Å². The minimum atomic E-state index is -4.54. The molecule has 1 amide bonds. The van der Waals surface area contributed by atoms with Crippen molar-refractivity contribution in [3.05, 3.63) is 52.6 Å². The van der Waals surface area contributed by atoms with Crippen LogP contribution in [0.4, 0.5) is 13.2 Å². The molecule has 0 radical (unpaired) electrons. The first-order valence-electron chi connectivity index (χ1n) is 6.35. The van der Waals surface area contributed by atoms with E-state index in [1.165, 1.54) is 29.2 Å². The zero-order valence-electron chi connectivity index (χ0n) is 12.1. The summed E-state index contributed by atoms with van der Waals surface area (Å²) in [7, 11) is -3.72. The number of carbonyl (C=O) groups is 1. The maximum Gasteiger partial charge on any atom is 0.417 e. The first-order valence-corrected chi connectivity index (χ1v) is 8.62. The van der Waals surface area contributed by atoms with Crippen LogP contribution in [0.5, 0.6) is 0 Å². The molecule has 11 heteroatoms. The van der Waals surface area contributed by atoms with Crippen molar-refractivity contribution in [1.82, 2.24) is 14.3 Å². The predicted octanol–water partition coefficient (Wildman–Crippen LogP) is 2.29. The molecule has 130 valence electrons. The summed E-state index contributed by atoms with van der Waals surface area (Å²) in [5, 5.41) is -0.435. The first kappa shape index (κ1) is 18.3. The molecule has 0 saturated carbocycles. The minimum absolute atomic E-state index is 0.108. The van der Waals surface area contributed by atoms with Crippen molar-refractivity contribution in [2.75, 3.05) is 6.26 Å². The fourth-order valence-corrected chi connectivity index (χ4v) is 2.63. The maximum absolute atomic E-state index is 12.6. The van der Waals surface area contributed by atoms with Crippen molar-refractivity contribution in [3.8, 4) is 0 Å². The minimum Gasteiger partial charge on any atom is -0.332 e. The highest BCUT2D eigenvalue weighted by Crippen LogP contribution is 2.35. The Bertz CT molecular complexity index is 878. The number of nitrogens with zero attached hydrogens (tertiary/aromatic N) is 2. The lowest BCUT2D eigenvalue weighted by atomic mass is 10.1. The van der Waals surface area contributed by atoms with Crippen LogP contribution in [0.2, 0.25) is 5.02 Å². The maximum atomic E-state index is 12.6. The average molecular weight is 382 g/mol. The lowest BCUT2D eigenvalue weighted by Crippen LogP contribution is -2.29. The molecule has 24 heavy (non-hydrogen) atoms. The van der Waals surface area contributed by atoms with Crippen LogP contribution < -0.4 is 4.72 Å². The van der Waals surface area contributed by atoms with Gasteiger partial charge in [-0.15, -0.1) is 0 Å². The monoisotopic (exact) mass is 381 g/mol. The van der Waals surface area contributed by atoms with Gasteiger partial charge in [-0.25, -0.2) is 18.1 Å². The van der Waals surface area contributed by atoms with Gasteiger partial charge in [0.1, 0.15) is 5.69 Å². The van der Waals surface area contributed by atoms with Gasteiger partial charge in [-0.3, -0.25) is 4.79 Å². The highest BCUT2D eigenvalue weighted by Gasteiger charge is 2.33. The molecular formula is C13H11ClF3N3O3S. The molecule has 0 aliphatic rings. The van der Waals surface area contributed by atoms with E-state index in [1.807, 2.05) is 0 Å². The van der Waals surface area contributed by atoms with Crippen LogP contribution in [0.1, 0.15) is 21.6 Å². The fourth-order valence-electron chi connectivity index (χ4n) is 1.88. The number of sulfonamides is 1. The second-order valence-corrected chi connectivity index (χ2v) is 7.10. The van der Waals surface area contributed by atoms with E-state index in [0.29, 0.717) is 5.56 Å². The summed E-state index contributed by atoms with van der Waals surface area (Å²) in [5.74, 6) is -0.901. The largest absolute Gasteiger partial charge is 0.417 e. The van der Waals surface area contributed by atoms with Crippen LogP contribution in [-0.2, 0) is 22.7 Å². The van der Waals surface area contributed by atoms with E-state index in [9.17, 15) is 26.4 Å². The highest BCUT2D eigenvalue weighted by molar-refractivity contribution is 7.89. The van der Waals surface area contributed by atoms with Crippen molar-refractivity contribution >= 4 is 27.5 Å². The number of alkyl halides is 3. The third-order valence-corrected chi connectivity index (χ3v) is 3.72. The van der Waals surface area contributed by atoms with Gasteiger partial charge in [-0.1, -0.05) is 17.7 Å². The first-order chi connectivity index (χ1) is 11.0. The molecule has 0 bridgehead atoms. The molecule has 0 unspecified atom stereocenters. The lowest BCUT2D eigenvalue weighted by Gasteiger charge is -2.10. The Hall–Kier alpha value is -2.07. The number of rotatable bonds is 4. The summed E-state index contributed by atoms with van der Waals surface area (Å²) in [6, 6.07) is 3.29. The molecule has 0 atom stereocenters. The van der Waals surface area contributed by atoms with Gasteiger partial charge in [0.05, 0.1) is 23.2 Å². The third-order valence-electron chi connectivity index (χ3n) is 2.85. The van der Waals surface area contributed by atoms with E-state index in [4.69, 9.17) is 11.6 Å². The van der Waals surface area contributed by atoms with Crippen molar-refractivity contribution < 1.29 is 26.4 Å². The van der Waals surface area contributed by atoms with Gasteiger partial charge in [-0.05, 0) is 17.7 Å². The molecule has 6 nitrogen and oxygen atoms in total. The van der Waals surface area contributed by atoms with Crippen LogP contribution in [0, 0.1) is 0 Å². The Morgan fingerprint density at radius 3 is 2.58 bits per heavy atom. The number of amides is 1. The molecule has 0 aliphatic carbocycles. The van der Waals surface area contributed by atoms with Crippen molar-refractivity contribution in [3.63, 3.8) is 0 Å². The Balaban J connectivity index is 2.16. The Kier molecular flexibility index (Phi) is 4.90. The summed E-state index contributed by atoms with van der Waals surface area (Å²) in [4.78, 5) is 15.4. The van der Waals surface area contributed by atoms with Crippen molar-refractivity contribution in [2.45, 2.75) is 12.7 Å². The Labute approximate surface area is 140 Å². The van der Waals surface area contributed by atoms with Crippen LogP contribution in [0.25, 0.3) is 0 Å². The van der Waals surface area contributed by atoms with E-state index in [2.05, 4.69) is 4.98 Å². The number of hydrogen-bond acceptors (Lipinski definition) is 4. The van der Waals surface area contributed by atoms with E-state index < -0.39 is 32.7 Å². The van der Waals surface area contributed by atoms with Crippen LogP contribution in [0.3, 0.4) is 0 Å². The van der Waals surface area contributed by atoms with Gasteiger partial charge in [0.25, 0.3) is 5.91 Å². The summed E-state index contributed by atoms with van der Waals surface area (Å²) in [6.45, 7) is 0.108. The van der Waals surface area contributed by atoms with E-state index in [0.717, 1.165) is 12.3 Å². The zero-order chi connectivity index (χ0) is 18.1. The zero-order valence-corrected chi connectivity index (χ0v) is 13.7. The average Bonchev–Trinajstić information content (AvgIpc) is 2.83. The Morgan fingerprint density at radius 1 is 1.38 bits per heavy atom. The molecule has 0 spiro atoms. The Morgan fingerprint density at radius 2 is 2.04 bits per heavy atom. The van der Waals surface area contributed by atoms with Gasteiger partial charge in [0.2, 0.25) is 10.0 Å². The molecule has 2 aromatic rings. The molecule has 0 saturated heterocycles.